The summed E-state index contributed by atoms with van der Waals surface area (Å²) in [7, 11) is 0. The predicted molar refractivity (Wildman–Crippen MR) is 97.3 cm³/mol. The lowest BCUT2D eigenvalue weighted by Crippen LogP contribution is -2.16. The summed E-state index contributed by atoms with van der Waals surface area (Å²) in [5, 5.41) is 4.96. The molecule has 0 aliphatic carbocycles. The zero-order chi connectivity index (χ0) is 19.9. The van der Waals surface area contributed by atoms with E-state index in [9.17, 15) is 13.2 Å². The van der Waals surface area contributed by atoms with E-state index in [0.29, 0.717) is 11.4 Å². The fourth-order valence-corrected chi connectivity index (χ4v) is 3.05. The Morgan fingerprint density at radius 3 is 2.43 bits per heavy atom. The van der Waals surface area contributed by atoms with E-state index in [1.54, 1.807) is 24.4 Å². The molecule has 8 heteroatoms. The SMILES string of the molecule is CC(C)c1nccn1-c1noc2ccc(-c3ccc(OC(F)(F)F)cc3)cc12. The normalized spacial score (nSPS) is 12.1. The van der Waals surface area contributed by atoms with Gasteiger partial charge in [0.25, 0.3) is 0 Å². The summed E-state index contributed by atoms with van der Waals surface area (Å²) < 4.78 is 48.2. The van der Waals surface area contributed by atoms with Gasteiger partial charge in [-0.2, -0.15) is 0 Å². The van der Waals surface area contributed by atoms with Gasteiger partial charge in [0.15, 0.2) is 11.4 Å². The van der Waals surface area contributed by atoms with E-state index in [2.05, 4.69) is 14.9 Å². The molecule has 0 atom stereocenters. The van der Waals surface area contributed by atoms with Crippen LogP contribution >= 0.6 is 0 Å². The largest absolute Gasteiger partial charge is 0.573 e. The van der Waals surface area contributed by atoms with E-state index >= 15 is 0 Å². The molecule has 0 radical (unpaired) electrons. The summed E-state index contributed by atoms with van der Waals surface area (Å²) in [5.74, 6) is 1.42. The molecule has 0 saturated heterocycles. The monoisotopic (exact) mass is 387 g/mol. The second-order valence-electron chi connectivity index (χ2n) is 6.60. The molecule has 0 saturated carbocycles. The van der Waals surface area contributed by atoms with E-state index in [4.69, 9.17) is 4.52 Å². The quantitative estimate of drug-likeness (QED) is 0.451. The third-order valence-electron chi connectivity index (χ3n) is 4.29. The summed E-state index contributed by atoms with van der Waals surface area (Å²) in [6.45, 7) is 4.08. The van der Waals surface area contributed by atoms with Crippen molar-refractivity contribution in [1.29, 1.82) is 0 Å². The number of nitrogens with zero attached hydrogens (tertiary/aromatic N) is 3. The number of imidazole rings is 1. The number of ether oxygens (including phenoxy) is 1. The first kappa shape index (κ1) is 18.1. The van der Waals surface area contributed by atoms with Crippen molar-refractivity contribution >= 4 is 11.0 Å². The topological polar surface area (TPSA) is 53.1 Å². The van der Waals surface area contributed by atoms with Gasteiger partial charge in [-0.25, -0.2) is 4.98 Å². The van der Waals surface area contributed by atoms with Crippen LogP contribution < -0.4 is 4.74 Å². The fourth-order valence-electron chi connectivity index (χ4n) is 3.05. The van der Waals surface area contributed by atoms with Crippen LogP contribution in [0, 0.1) is 0 Å². The minimum atomic E-state index is -4.71. The van der Waals surface area contributed by atoms with Crippen LogP contribution in [-0.4, -0.2) is 21.1 Å². The van der Waals surface area contributed by atoms with Crippen molar-refractivity contribution in [2.45, 2.75) is 26.1 Å². The Morgan fingerprint density at radius 2 is 1.75 bits per heavy atom. The van der Waals surface area contributed by atoms with Gasteiger partial charge < -0.3 is 9.26 Å². The Hall–Kier alpha value is -3.29. The second kappa shape index (κ2) is 6.70. The molecule has 2 aromatic carbocycles. The molecule has 0 bridgehead atoms. The van der Waals surface area contributed by atoms with Crippen LogP contribution in [0.1, 0.15) is 25.6 Å². The molecule has 5 nitrogen and oxygen atoms in total. The number of benzene rings is 2. The molecule has 0 N–H and O–H groups in total. The van der Waals surface area contributed by atoms with E-state index in [1.807, 2.05) is 36.7 Å². The van der Waals surface area contributed by atoms with Crippen molar-refractivity contribution in [2.75, 3.05) is 0 Å². The van der Waals surface area contributed by atoms with Crippen LogP contribution in [0.5, 0.6) is 5.75 Å². The van der Waals surface area contributed by atoms with E-state index < -0.39 is 6.36 Å². The molecule has 2 heterocycles. The number of aromatic nitrogens is 3. The number of fused-ring (bicyclic) bond motifs is 1. The Balaban J connectivity index is 1.73. The fraction of sp³-hybridized carbons (Fsp3) is 0.200. The average Bonchev–Trinajstić information content (AvgIpc) is 3.27. The maximum Gasteiger partial charge on any atom is 0.573 e. The third kappa shape index (κ3) is 3.45. The van der Waals surface area contributed by atoms with Crippen LogP contribution in [0.2, 0.25) is 0 Å². The summed E-state index contributed by atoms with van der Waals surface area (Å²) in [6.07, 6.45) is -1.18. The molecule has 2 aromatic heterocycles. The highest BCUT2D eigenvalue weighted by molar-refractivity contribution is 5.88. The molecule has 28 heavy (non-hydrogen) atoms. The van der Waals surface area contributed by atoms with Gasteiger partial charge in [0.05, 0.1) is 5.39 Å². The van der Waals surface area contributed by atoms with Crippen molar-refractivity contribution in [1.82, 2.24) is 14.7 Å². The van der Waals surface area contributed by atoms with Gasteiger partial charge in [-0.05, 0) is 35.4 Å². The predicted octanol–water partition coefficient (Wildman–Crippen LogP) is 5.70. The zero-order valence-corrected chi connectivity index (χ0v) is 15.1. The van der Waals surface area contributed by atoms with Gasteiger partial charge in [-0.3, -0.25) is 4.57 Å². The lowest BCUT2D eigenvalue weighted by atomic mass is 10.0. The Morgan fingerprint density at radius 1 is 1.04 bits per heavy atom. The van der Waals surface area contributed by atoms with E-state index in [-0.39, 0.29) is 11.7 Å². The van der Waals surface area contributed by atoms with Crippen LogP contribution in [0.25, 0.3) is 27.9 Å². The number of hydrogen-bond donors (Lipinski definition) is 0. The van der Waals surface area contributed by atoms with Crippen LogP contribution in [0.3, 0.4) is 0 Å². The van der Waals surface area contributed by atoms with Crippen LogP contribution in [0.4, 0.5) is 13.2 Å². The molecule has 4 rings (SSSR count). The van der Waals surface area contributed by atoms with E-state index in [0.717, 1.165) is 22.3 Å². The van der Waals surface area contributed by atoms with Crippen LogP contribution in [-0.2, 0) is 0 Å². The summed E-state index contributed by atoms with van der Waals surface area (Å²) in [6, 6.07) is 11.2. The number of halogens is 3. The zero-order valence-electron chi connectivity index (χ0n) is 15.1. The van der Waals surface area contributed by atoms with Crippen molar-refractivity contribution in [2.24, 2.45) is 0 Å². The molecule has 0 unspecified atom stereocenters. The first-order chi connectivity index (χ1) is 13.3. The molecule has 0 fully saturated rings. The number of hydrogen-bond acceptors (Lipinski definition) is 4. The van der Waals surface area contributed by atoms with Gasteiger partial charge in [-0.1, -0.05) is 37.2 Å². The van der Waals surface area contributed by atoms with Crippen molar-refractivity contribution in [3.63, 3.8) is 0 Å². The second-order valence-corrected chi connectivity index (χ2v) is 6.60. The van der Waals surface area contributed by atoms with Gasteiger partial charge >= 0.3 is 6.36 Å². The standard InChI is InChI=1S/C20H16F3N3O2/c1-12(2)18-24-9-10-26(18)19-16-11-14(5-8-17(16)28-25-19)13-3-6-15(7-4-13)27-20(21,22)23/h3-12H,1-2H3. The highest BCUT2D eigenvalue weighted by Crippen LogP contribution is 2.31. The van der Waals surface area contributed by atoms with Gasteiger partial charge in [0.1, 0.15) is 11.6 Å². The molecule has 0 spiro atoms. The first-order valence-electron chi connectivity index (χ1n) is 8.61. The van der Waals surface area contributed by atoms with Gasteiger partial charge in [0.2, 0.25) is 0 Å². The van der Waals surface area contributed by atoms with Crippen molar-refractivity contribution in [3.8, 4) is 22.7 Å². The molecular formula is C20H16F3N3O2. The molecule has 0 amide bonds. The minimum absolute atomic E-state index is 0.200. The highest BCUT2D eigenvalue weighted by Gasteiger charge is 2.31. The molecule has 4 aromatic rings. The van der Waals surface area contributed by atoms with Gasteiger partial charge in [-0.15, -0.1) is 13.2 Å². The average molecular weight is 387 g/mol. The number of rotatable bonds is 4. The molecule has 0 aliphatic rings. The Kier molecular flexibility index (Phi) is 4.33. The highest BCUT2D eigenvalue weighted by atomic mass is 19.4. The van der Waals surface area contributed by atoms with E-state index in [1.165, 1.54) is 12.1 Å². The Bertz CT molecular complexity index is 1110. The lowest BCUT2D eigenvalue weighted by Gasteiger charge is -2.10. The summed E-state index contributed by atoms with van der Waals surface area (Å²) >= 11 is 0. The molecule has 144 valence electrons. The molecular weight excluding hydrogens is 371 g/mol. The molecule has 0 aliphatic heterocycles. The maximum absolute atomic E-state index is 12.3. The summed E-state index contributed by atoms with van der Waals surface area (Å²) in [4.78, 5) is 4.37. The Labute approximate surface area is 158 Å². The number of alkyl halides is 3. The maximum atomic E-state index is 12.3. The summed E-state index contributed by atoms with van der Waals surface area (Å²) in [5.41, 5.74) is 2.18. The first-order valence-corrected chi connectivity index (χ1v) is 8.61. The lowest BCUT2D eigenvalue weighted by molar-refractivity contribution is -0.274. The third-order valence-corrected chi connectivity index (χ3v) is 4.29. The smallest absolute Gasteiger partial charge is 0.406 e. The van der Waals surface area contributed by atoms with Crippen LogP contribution in [0.15, 0.2) is 59.4 Å². The van der Waals surface area contributed by atoms with Crippen molar-refractivity contribution < 1.29 is 22.4 Å². The minimum Gasteiger partial charge on any atom is -0.406 e. The van der Waals surface area contributed by atoms with Crippen molar-refractivity contribution in [3.05, 3.63) is 60.7 Å². The van der Waals surface area contributed by atoms with Gasteiger partial charge in [0, 0.05) is 18.3 Å².